The standard InChI is InChI=1S/C26H22N8O/c1-5-23(35)30-21-9-16(7-6-15(21)2)24-19-8-17(20-14-34(4)32-22(20)10-27)11-28-26(19)31-25(24)18-12-29-33(3)13-18/h5-9,11-14H,1H2,2-4H3,(H,28,31)(H,30,35). The van der Waals surface area contributed by atoms with Gasteiger partial charge in [-0.15, -0.1) is 0 Å². The molecule has 0 fully saturated rings. The maximum absolute atomic E-state index is 12.0. The van der Waals surface area contributed by atoms with Gasteiger partial charge in [-0.05, 0) is 36.3 Å². The molecule has 35 heavy (non-hydrogen) atoms. The minimum Gasteiger partial charge on any atom is -0.339 e. The number of pyridine rings is 1. The van der Waals surface area contributed by atoms with Gasteiger partial charge in [-0.1, -0.05) is 18.7 Å². The van der Waals surface area contributed by atoms with E-state index in [1.165, 1.54) is 6.08 Å². The van der Waals surface area contributed by atoms with Crippen LogP contribution in [0.1, 0.15) is 11.3 Å². The first kappa shape index (κ1) is 21.9. The van der Waals surface area contributed by atoms with Crippen LogP contribution in [0.5, 0.6) is 0 Å². The molecule has 2 N–H and O–H groups in total. The smallest absolute Gasteiger partial charge is 0.247 e. The molecule has 0 unspecified atom stereocenters. The number of H-pyrrole nitrogens is 1. The molecule has 9 nitrogen and oxygen atoms in total. The molecule has 9 heteroatoms. The second-order valence-corrected chi connectivity index (χ2v) is 8.30. The van der Waals surface area contributed by atoms with Gasteiger partial charge in [-0.3, -0.25) is 14.2 Å². The van der Waals surface area contributed by atoms with Crippen LogP contribution in [-0.2, 0) is 18.9 Å². The Kier molecular flexibility index (Phi) is 5.26. The zero-order valence-electron chi connectivity index (χ0n) is 19.5. The van der Waals surface area contributed by atoms with Crippen molar-refractivity contribution >= 4 is 22.6 Å². The molecule has 0 aliphatic heterocycles. The van der Waals surface area contributed by atoms with E-state index in [0.717, 1.165) is 38.9 Å². The molecule has 0 aliphatic rings. The Hall–Kier alpha value is -4.97. The van der Waals surface area contributed by atoms with Crippen LogP contribution in [-0.4, -0.2) is 35.4 Å². The van der Waals surface area contributed by atoms with Gasteiger partial charge >= 0.3 is 0 Å². The minimum absolute atomic E-state index is 0.277. The average molecular weight is 463 g/mol. The lowest BCUT2D eigenvalue weighted by Gasteiger charge is -2.11. The largest absolute Gasteiger partial charge is 0.339 e. The molecule has 0 spiro atoms. The van der Waals surface area contributed by atoms with E-state index in [1.807, 2.05) is 50.6 Å². The van der Waals surface area contributed by atoms with E-state index in [9.17, 15) is 10.1 Å². The number of amides is 1. The van der Waals surface area contributed by atoms with Crippen LogP contribution in [0.15, 0.2) is 61.7 Å². The average Bonchev–Trinajstić information content (AvgIpc) is 3.55. The van der Waals surface area contributed by atoms with Crippen LogP contribution in [0, 0.1) is 18.3 Å². The predicted molar refractivity (Wildman–Crippen MR) is 134 cm³/mol. The van der Waals surface area contributed by atoms with Crippen LogP contribution in [0.25, 0.3) is 44.5 Å². The summed E-state index contributed by atoms with van der Waals surface area (Å²) in [6.45, 7) is 5.48. The van der Waals surface area contributed by atoms with Gasteiger partial charge in [0.05, 0.1) is 11.9 Å². The normalized spacial score (nSPS) is 10.9. The number of carbonyl (C=O) groups excluding carboxylic acids is 1. The van der Waals surface area contributed by atoms with Gasteiger partial charge in [0.25, 0.3) is 0 Å². The fourth-order valence-corrected chi connectivity index (χ4v) is 4.16. The number of nitriles is 1. The number of anilines is 1. The molecule has 4 heterocycles. The number of aromatic amines is 1. The van der Waals surface area contributed by atoms with E-state index in [0.29, 0.717) is 22.6 Å². The summed E-state index contributed by atoms with van der Waals surface area (Å²) in [6, 6.07) is 10.1. The number of carbonyl (C=O) groups is 1. The third-order valence-corrected chi connectivity index (χ3v) is 5.86. The van der Waals surface area contributed by atoms with Gasteiger partial charge in [0.2, 0.25) is 5.91 Å². The Morgan fingerprint density at radius 2 is 1.97 bits per heavy atom. The molecule has 5 rings (SSSR count). The summed E-state index contributed by atoms with van der Waals surface area (Å²) in [4.78, 5) is 20.1. The summed E-state index contributed by atoms with van der Waals surface area (Å²) >= 11 is 0. The topological polar surface area (TPSA) is 117 Å². The van der Waals surface area contributed by atoms with Crippen LogP contribution < -0.4 is 5.32 Å². The highest BCUT2D eigenvalue weighted by Crippen LogP contribution is 2.40. The van der Waals surface area contributed by atoms with Gasteiger partial charge in [0.15, 0.2) is 5.69 Å². The van der Waals surface area contributed by atoms with E-state index in [-0.39, 0.29) is 5.91 Å². The molecule has 0 saturated heterocycles. The van der Waals surface area contributed by atoms with E-state index in [1.54, 1.807) is 28.8 Å². The van der Waals surface area contributed by atoms with Gasteiger partial charge in [0, 0.05) is 66.0 Å². The van der Waals surface area contributed by atoms with Crippen LogP contribution in [0.2, 0.25) is 0 Å². The van der Waals surface area contributed by atoms with Gasteiger partial charge in [-0.25, -0.2) is 4.98 Å². The van der Waals surface area contributed by atoms with Crippen molar-refractivity contribution in [2.24, 2.45) is 14.1 Å². The first-order valence-electron chi connectivity index (χ1n) is 10.9. The number of nitrogens with zero attached hydrogens (tertiary/aromatic N) is 6. The number of rotatable bonds is 5. The van der Waals surface area contributed by atoms with Crippen molar-refractivity contribution in [2.75, 3.05) is 5.32 Å². The predicted octanol–water partition coefficient (Wildman–Crippen LogP) is 4.34. The Labute approximate surface area is 201 Å². The third-order valence-electron chi connectivity index (χ3n) is 5.86. The lowest BCUT2D eigenvalue weighted by atomic mass is 9.97. The monoisotopic (exact) mass is 462 g/mol. The Morgan fingerprint density at radius 3 is 2.69 bits per heavy atom. The van der Waals surface area contributed by atoms with Crippen molar-refractivity contribution in [3.05, 3.63) is 73.0 Å². The Bertz CT molecular complexity index is 1660. The van der Waals surface area contributed by atoms with Crippen molar-refractivity contribution in [3.8, 4) is 39.6 Å². The van der Waals surface area contributed by atoms with Crippen molar-refractivity contribution in [2.45, 2.75) is 6.92 Å². The lowest BCUT2D eigenvalue weighted by molar-refractivity contribution is -0.111. The van der Waals surface area contributed by atoms with E-state index >= 15 is 0 Å². The van der Waals surface area contributed by atoms with Crippen molar-refractivity contribution in [1.82, 2.24) is 29.5 Å². The van der Waals surface area contributed by atoms with Gasteiger partial charge in [0.1, 0.15) is 11.7 Å². The van der Waals surface area contributed by atoms with Gasteiger partial charge in [-0.2, -0.15) is 15.5 Å². The first-order valence-corrected chi connectivity index (χ1v) is 10.9. The van der Waals surface area contributed by atoms with E-state index < -0.39 is 0 Å². The third kappa shape index (κ3) is 3.87. The number of hydrogen-bond donors (Lipinski definition) is 2. The quantitative estimate of drug-likeness (QED) is 0.377. The molecule has 0 atom stereocenters. The molecule has 4 aromatic heterocycles. The summed E-state index contributed by atoms with van der Waals surface area (Å²) in [5, 5.41) is 21.9. The lowest BCUT2D eigenvalue weighted by Crippen LogP contribution is -2.08. The second kappa shape index (κ2) is 8.43. The number of nitrogens with one attached hydrogen (secondary N) is 2. The molecule has 0 aliphatic carbocycles. The summed E-state index contributed by atoms with van der Waals surface area (Å²) in [5.74, 6) is -0.277. The number of benzene rings is 1. The SMILES string of the molecule is C=CC(=O)Nc1cc(-c2c(-c3cnn(C)c3)[nH]c3ncc(-c4cn(C)nc4C#N)cc23)ccc1C. The second-order valence-electron chi connectivity index (χ2n) is 8.30. The number of aryl methyl sites for hydroxylation is 3. The molecule has 1 amide bonds. The highest BCUT2D eigenvalue weighted by atomic mass is 16.1. The van der Waals surface area contributed by atoms with Crippen molar-refractivity contribution in [3.63, 3.8) is 0 Å². The highest BCUT2D eigenvalue weighted by molar-refractivity contribution is 6.05. The van der Waals surface area contributed by atoms with E-state index in [2.05, 4.69) is 38.1 Å². The number of aromatic nitrogens is 6. The Balaban J connectivity index is 1.77. The fourth-order valence-electron chi connectivity index (χ4n) is 4.16. The summed E-state index contributed by atoms with van der Waals surface area (Å²) in [7, 11) is 3.65. The molecular weight excluding hydrogens is 440 g/mol. The van der Waals surface area contributed by atoms with Crippen molar-refractivity contribution in [1.29, 1.82) is 5.26 Å². The number of hydrogen-bond acceptors (Lipinski definition) is 5. The Morgan fingerprint density at radius 1 is 1.14 bits per heavy atom. The zero-order valence-corrected chi connectivity index (χ0v) is 19.5. The van der Waals surface area contributed by atoms with Crippen LogP contribution in [0.4, 0.5) is 5.69 Å². The van der Waals surface area contributed by atoms with Crippen LogP contribution >= 0.6 is 0 Å². The van der Waals surface area contributed by atoms with Crippen molar-refractivity contribution < 1.29 is 4.79 Å². The van der Waals surface area contributed by atoms with Gasteiger partial charge < -0.3 is 10.3 Å². The molecule has 0 bridgehead atoms. The fraction of sp³-hybridized carbons (Fsp3) is 0.115. The zero-order chi connectivity index (χ0) is 24.7. The molecule has 172 valence electrons. The minimum atomic E-state index is -0.277. The highest BCUT2D eigenvalue weighted by Gasteiger charge is 2.20. The summed E-state index contributed by atoms with van der Waals surface area (Å²) in [5.41, 5.74) is 7.72. The molecule has 1 aromatic carbocycles. The van der Waals surface area contributed by atoms with E-state index in [4.69, 9.17) is 0 Å². The molecule has 5 aromatic rings. The molecule has 0 saturated carbocycles. The number of fused-ring (bicyclic) bond motifs is 1. The first-order chi connectivity index (χ1) is 16.9. The summed E-state index contributed by atoms with van der Waals surface area (Å²) in [6.07, 6.45) is 8.51. The molecule has 0 radical (unpaired) electrons. The summed E-state index contributed by atoms with van der Waals surface area (Å²) < 4.78 is 3.36. The van der Waals surface area contributed by atoms with Crippen LogP contribution in [0.3, 0.4) is 0 Å². The maximum Gasteiger partial charge on any atom is 0.247 e. The molecular formula is C26H22N8O. The maximum atomic E-state index is 12.0.